The second-order valence-corrected chi connectivity index (χ2v) is 9.25. The van der Waals surface area contributed by atoms with E-state index in [1.165, 1.54) is 11.9 Å². The van der Waals surface area contributed by atoms with Gasteiger partial charge in [0, 0.05) is 30.7 Å². The number of nitrogens with zero attached hydrogens (tertiary/aromatic N) is 4. The number of sulfonamides is 1. The molecule has 4 rings (SSSR count). The third-order valence-corrected chi connectivity index (χ3v) is 5.67. The topological polar surface area (TPSA) is 96.7 Å². The molecule has 31 heavy (non-hydrogen) atoms. The van der Waals surface area contributed by atoms with Gasteiger partial charge in [0.25, 0.3) is 0 Å². The molecule has 1 aliphatic heterocycles. The first kappa shape index (κ1) is 20.8. The zero-order valence-corrected chi connectivity index (χ0v) is 18.3. The number of benzene rings is 2. The highest BCUT2D eigenvalue weighted by atomic mass is 32.2. The van der Waals surface area contributed by atoms with Crippen LogP contribution in [-0.4, -0.2) is 41.1 Å². The molecular formula is C22H23N5O3S. The number of anilines is 1. The maximum Gasteiger partial charge on any atom is 0.240 e. The number of hydrazone groups is 1. The fourth-order valence-corrected chi connectivity index (χ4v) is 4.32. The molecule has 0 saturated heterocycles. The molecule has 1 aliphatic rings. The molecule has 8 nitrogen and oxygen atoms in total. The normalized spacial score (nSPS) is 16.3. The molecule has 0 spiro atoms. The molecule has 0 aliphatic carbocycles. The number of carbonyl (C=O) groups excluding carboxylic acids is 1. The largest absolute Gasteiger partial charge is 0.283 e. The van der Waals surface area contributed by atoms with Gasteiger partial charge in [0.15, 0.2) is 0 Å². The summed E-state index contributed by atoms with van der Waals surface area (Å²) >= 11 is 0. The Kier molecular flexibility index (Phi) is 5.36. The molecule has 3 aromatic rings. The molecule has 160 valence electrons. The Bertz CT molecular complexity index is 1270. The SMILES string of the molecule is CC(=O)N1N=C(c2ccccc2NS(C)(=O)=O)CC1c1cn(-c2ccccc2)nc1C. The summed E-state index contributed by atoms with van der Waals surface area (Å²) in [5.41, 5.74) is 4.34. The van der Waals surface area contributed by atoms with Crippen molar-refractivity contribution in [3.8, 4) is 5.69 Å². The first-order valence-corrected chi connectivity index (χ1v) is 11.7. The van der Waals surface area contributed by atoms with Gasteiger partial charge in [-0.1, -0.05) is 36.4 Å². The molecule has 2 heterocycles. The van der Waals surface area contributed by atoms with Crippen LogP contribution in [0.2, 0.25) is 0 Å². The van der Waals surface area contributed by atoms with E-state index >= 15 is 0 Å². The number of para-hydroxylation sites is 2. The molecule has 9 heteroatoms. The second-order valence-electron chi connectivity index (χ2n) is 7.50. The Hall–Kier alpha value is -3.46. The number of carbonyl (C=O) groups is 1. The summed E-state index contributed by atoms with van der Waals surface area (Å²) in [6.07, 6.45) is 3.47. The van der Waals surface area contributed by atoms with E-state index in [9.17, 15) is 13.2 Å². The lowest BCUT2D eigenvalue weighted by Gasteiger charge is -2.19. The van der Waals surface area contributed by atoms with Crippen LogP contribution in [-0.2, 0) is 14.8 Å². The smallest absolute Gasteiger partial charge is 0.240 e. The molecule has 1 N–H and O–H groups in total. The minimum absolute atomic E-state index is 0.194. The Morgan fingerprint density at radius 2 is 1.77 bits per heavy atom. The van der Waals surface area contributed by atoms with Gasteiger partial charge in [-0.2, -0.15) is 10.2 Å². The van der Waals surface area contributed by atoms with Crippen molar-refractivity contribution >= 4 is 27.3 Å². The molecule has 1 atom stereocenters. The van der Waals surface area contributed by atoms with Crippen LogP contribution in [0, 0.1) is 6.92 Å². The van der Waals surface area contributed by atoms with Crippen LogP contribution < -0.4 is 4.72 Å². The lowest BCUT2D eigenvalue weighted by atomic mass is 9.98. The van der Waals surface area contributed by atoms with E-state index in [2.05, 4.69) is 14.9 Å². The molecule has 0 fully saturated rings. The number of aryl methyl sites for hydroxylation is 1. The molecule has 1 amide bonds. The number of amides is 1. The number of hydrogen-bond acceptors (Lipinski definition) is 5. The van der Waals surface area contributed by atoms with Crippen molar-refractivity contribution in [1.29, 1.82) is 0 Å². The number of nitrogens with one attached hydrogen (secondary N) is 1. The molecule has 0 bridgehead atoms. The fourth-order valence-electron chi connectivity index (χ4n) is 3.74. The van der Waals surface area contributed by atoms with Crippen LogP contribution in [0.15, 0.2) is 65.9 Å². The van der Waals surface area contributed by atoms with Gasteiger partial charge >= 0.3 is 0 Å². The third kappa shape index (κ3) is 4.36. The van der Waals surface area contributed by atoms with E-state index < -0.39 is 10.0 Å². The number of aromatic nitrogens is 2. The van der Waals surface area contributed by atoms with Gasteiger partial charge in [0.1, 0.15) is 0 Å². The van der Waals surface area contributed by atoms with Gasteiger partial charge in [0.2, 0.25) is 15.9 Å². The first-order chi connectivity index (χ1) is 14.7. The Morgan fingerprint density at radius 3 is 2.45 bits per heavy atom. The highest BCUT2D eigenvalue weighted by Crippen LogP contribution is 2.36. The summed E-state index contributed by atoms with van der Waals surface area (Å²) in [5, 5.41) is 10.6. The zero-order valence-electron chi connectivity index (χ0n) is 17.5. The average molecular weight is 438 g/mol. The summed E-state index contributed by atoms with van der Waals surface area (Å²) in [6, 6.07) is 16.5. The monoisotopic (exact) mass is 437 g/mol. The van der Waals surface area contributed by atoms with E-state index in [1.54, 1.807) is 22.9 Å². The van der Waals surface area contributed by atoms with Gasteiger partial charge in [-0.3, -0.25) is 9.52 Å². The highest BCUT2D eigenvalue weighted by molar-refractivity contribution is 7.92. The van der Waals surface area contributed by atoms with E-state index in [4.69, 9.17) is 0 Å². The fraction of sp³-hybridized carbons (Fsp3) is 0.227. The van der Waals surface area contributed by atoms with E-state index in [1.807, 2.05) is 49.5 Å². The summed E-state index contributed by atoms with van der Waals surface area (Å²) < 4.78 is 27.9. The molecule has 1 unspecified atom stereocenters. The predicted octanol–water partition coefficient (Wildman–Crippen LogP) is 3.25. The summed E-state index contributed by atoms with van der Waals surface area (Å²) in [7, 11) is -3.46. The van der Waals surface area contributed by atoms with Crippen LogP contribution >= 0.6 is 0 Å². The van der Waals surface area contributed by atoms with Gasteiger partial charge in [-0.25, -0.2) is 18.1 Å². The van der Waals surface area contributed by atoms with Gasteiger partial charge in [-0.15, -0.1) is 0 Å². The first-order valence-electron chi connectivity index (χ1n) is 9.79. The third-order valence-electron chi connectivity index (χ3n) is 5.08. The molecule has 2 aromatic carbocycles. The van der Waals surface area contributed by atoms with Crippen LogP contribution in [0.25, 0.3) is 5.69 Å². The molecule has 1 aromatic heterocycles. The van der Waals surface area contributed by atoms with E-state index in [0.29, 0.717) is 23.4 Å². The molecule has 0 saturated carbocycles. The molecular weight excluding hydrogens is 414 g/mol. The second kappa shape index (κ2) is 7.99. The predicted molar refractivity (Wildman–Crippen MR) is 120 cm³/mol. The molecule has 0 radical (unpaired) electrons. The Morgan fingerprint density at radius 1 is 1.10 bits per heavy atom. The Balaban J connectivity index is 1.71. The zero-order chi connectivity index (χ0) is 22.2. The number of hydrogen-bond donors (Lipinski definition) is 1. The van der Waals surface area contributed by atoms with Crippen molar-refractivity contribution in [1.82, 2.24) is 14.8 Å². The van der Waals surface area contributed by atoms with Crippen LogP contribution in [0.1, 0.15) is 36.2 Å². The van der Waals surface area contributed by atoms with Gasteiger partial charge in [-0.05, 0) is 25.1 Å². The van der Waals surface area contributed by atoms with Crippen LogP contribution in [0.4, 0.5) is 5.69 Å². The summed E-state index contributed by atoms with van der Waals surface area (Å²) in [4.78, 5) is 12.4. The lowest BCUT2D eigenvalue weighted by molar-refractivity contribution is -0.130. The standard InChI is InChI=1S/C22H23N5O3S/c1-15-19(14-26(23-15)17-9-5-4-6-10-17)22-13-21(24-27(22)16(2)28)18-11-7-8-12-20(18)25-31(3,29)30/h4-12,14,22,25H,13H2,1-3H3. The minimum atomic E-state index is -3.46. The highest BCUT2D eigenvalue weighted by Gasteiger charge is 2.34. The quantitative estimate of drug-likeness (QED) is 0.663. The average Bonchev–Trinajstić information content (AvgIpc) is 3.32. The van der Waals surface area contributed by atoms with Gasteiger partial charge in [0.05, 0.1) is 35.1 Å². The van der Waals surface area contributed by atoms with Crippen LogP contribution in [0.5, 0.6) is 0 Å². The Labute approximate surface area is 181 Å². The van der Waals surface area contributed by atoms with Crippen molar-refractivity contribution in [3.63, 3.8) is 0 Å². The van der Waals surface area contributed by atoms with Crippen molar-refractivity contribution in [2.75, 3.05) is 11.0 Å². The van der Waals surface area contributed by atoms with Crippen LogP contribution in [0.3, 0.4) is 0 Å². The van der Waals surface area contributed by atoms with Crippen molar-refractivity contribution in [2.45, 2.75) is 26.3 Å². The van der Waals surface area contributed by atoms with E-state index in [0.717, 1.165) is 23.2 Å². The maximum absolute atomic E-state index is 12.4. The van der Waals surface area contributed by atoms with Gasteiger partial charge < -0.3 is 0 Å². The van der Waals surface area contributed by atoms with E-state index in [-0.39, 0.29) is 11.9 Å². The van der Waals surface area contributed by atoms with Crippen molar-refractivity contribution in [3.05, 3.63) is 77.6 Å². The maximum atomic E-state index is 12.4. The van der Waals surface area contributed by atoms with Crippen molar-refractivity contribution < 1.29 is 13.2 Å². The lowest BCUT2D eigenvalue weighted by Crippen LogP contribution is -2.24. The minimum Gasteiger partial charge on any atom is -0.283 e. The summed E-state index contributed by atoms with van der Waals surface area (Å²) in [6.45, 7) is 3.38. The number of rotatable bonds is 5. The van der Waals surface area contributed by atoms with Crippen molar-refractivity contribution in [2.24, 2.45) is 5.10 Å². The summed E-state index contributed by atoms with van der Waals surface area (Å²) in [5.74, 6) is -0.194.